The van der Waals surface area contributed by atoms with Gasteiger partial charge in [0.1, 0.15) is 19.0 Å². The number of nitrogens with one attached hydrogen (secondary N) is 3. The third-order valence-electron chi connectivity index (χ3n) is 5.64. The van der Waals surface area contributed by atoms with Gasteiger partial charge in [-0.3, -0.25) is 14.7 Å². The maximum absolute atomic E-state index is 12.6. The lowest BCUT2D eigenvalue weighted by Gasteiger charge is -2.26. The van der Waals surface area contributed by atoms with Crippen LogP contribution in [0.15, 0.2) is 18.2 Å². The molecule has 0 saturated heterocycles. The van der Waals surface area contributed by atoms with Gasteiger partial charge in [-0.25, -0.2) is 4.98 Å². The summed E-state index contributed by atoms with van der Waals surface area (Å²) in [5.41, 5.74) is 5.18. The molecule has 3 N–H and O–H groups in total. The molecule has 0 spiro atoms. The van der Waals surface area contributed by atoms with Crippen molar-refractivity contribution in [2.24, 2.45) is 0 Å². The first kappa shape index (κ1) is 18.8. The summed E-state index contributed by atoms with van der Waals surface area (Å²) in [6.45, 7) is 3.19. The molecule has 3 aromatic rings. The lowest BCUT2D eigenvalue weighted by atomic mass is 10.0. The number of fused-ring (bicyclic) bond motifs is 2. The molecule has 30 heavy (non-hydrogen) atoms. The molecule has 1 saturated carbocycles. The van der Waals surface area contributed by atoms with Gasteiger partial charge in [-0.05, 0) is 37.8 Å². The molecule has 2 aromatic heterocycles. The summed E-state index contributed by atoms with van der Waals surface area (Å²) in [4.78, 5) is 34.4. The molecule has 1 fully saturated rings. The number of para-hydroxylation sites is 1. The number of aromatic nitrogens is 4. The predicted octanol–water partition coefficient (Wildman–Crippen LogP) is 1.59. The Balaban J connectivity index is 1.16. The number of nitrogens with zero attached hydrogens (tertiary/aromatic N) is 3. The van der Waals surface area contributed by atoms with E-state index in [0.29, 0.717) is 37.1 Å². The minimum absolute atomic E-state index is 0.0193. The summed E-state index contributed by atoms with van der Waals surface area (Å²) in [6, 6.07) is 6.25. The molecular weight excluding hydrogens is 384 g/mol. The first-order chi connectivity index (χ1) is 14.6. The molecule has 1 aliphatic heterocycles. The Labute approximate surface area is 173 Å². The fourth-order valence-corrected chi connectivity index (χ4v) is 3.82. The summed E-state index contributed by atoms with van der Waals surface area (Å²) < 4.78 is 5.61. The van der Waals surface area contributed by atoms with E-state index in [2.05, 4.69) is 25.5 Å². The smallest absolute Gasteiger partial charge is 0.272 e. The van der Waals surface area contributed by atoms with Crippen LogP contribution in [0.1, 0.15) is 46.0 Å². The number of hydrogen-bond acceptors (Lipinski definition) is 5. The molecule has 2 aliphatic rings. The van der Waals surface area contributed by atoms with Crippen LogP contribution >= 0.6 is 0 Å². The SMILES string of the molecule is Cc1cccc2[nH]c(COCC(=O)N3CCc4c(C(=O)NC5CC5)n[nH]c4C3)nc12. The zero-order valence-corrected chi connectivity index (χ0v) is 16.8. The van der Waals surface area contributed by atoms with Crippen molar-refractivity contribution in [1.82, 2.24) is 30.4 Å². The van der Waals surface area contributed by atoms with Gasteiger partial charge in [0.15, 0.2) is 5.69 Å². The van der Waals surface area contributed by atoms with E-state index in [1.165, 1.54) is 0 Å². The number of carbonyl (C=O) groups is 2. The number of carbonyl (C=O) groups excluding carboxylic acids is 2. The molecular formula is C21H24N6O3. The topological polar surface area (TPSA) is 116 Å². The molecule has 0 unspecified atom stereocenters. The monoisotopic (exact) mass is 408 g/mol. The Morgan fingerprint density at radius 3 is 3.00 bits per heavy atom. The number of benzene rings is 1. The van der Waals surface area contributed by atoms with Gasteiger partial charge in [-0.2, -0.15) is 5.10 Å². The number of rotatable bonds is 6. The highest BCUT2D eigenvalue weighted by molar-refractivity contribution is 5.94. The first-order valence-corrected chi connectivity index (χ1v) is 10.2. The van der Waals surface area contributed by atoms with Crippen molar-refractivity contribution < 1.29 is 14.3 Å². The van der Waals surface area contributed by atoms with Gasteiger partial charge in [0, 0.05) is 18.2 Å². The Hall–Kier alpha value is -3.20. The Morgan fingerprint density at radius 1 is 1.33 bits per heavy atom. The van der Waals surface area contributed by atoms with E-state index in [1.54, 1.807) is 4.90 Å². The molecule has 2 amide bonds. The average Bonchev–Trinajstić information content (AvgIpc) is 3.28. The van der Waals surface area contributed by atoms with Crippen molar-refractivity contribution in [3.8, 4) is 0 Å². The van der Waals surface area contributed by atoms with Crippen LogP contribution < -0.4 is 5.32 Å². The van der Waals surface area contributed by atoms with E-state index < -0.39 is 0 Å². The van der Waals surface area contributed by atoms with Crippen LogP contribution in [0, 0.1) is 6.92 Å². The van der Waals surface area contributed by atoms with E-state index in [9.17, 15) is 9.59 Å². The van der Waals surface area contributed by atoms with E-state index in [0.717, 1.165) is 40.7 Å². The normalized spacial score (nSPS) is 16.0. The highest BCUT2D eigenvalue weighted by atomic mass is 16.5. The number of H-pyrrole nitrogens is 2. The highest BCUT2D eigenvalue weighted by Crippen LogP contribution is 2.23. The summed E-state index contributed by atoms with van der Waals surface area (Å²) in [7, 11) is 0. The van der Waals surface area contributed by atoms with E-state index >= 15 is 0 Å². The predicted molar refractivity (Wildman–Crippen MR) is 109 cm³/mol. The molecule has 9 heteroatoms. The van der Waals surface area contributed by atoms with Crippen molar-refractivity contribution in [2.75, 3.05) is 13.2 Å². The van der Waals surface area contributed by atoms with Crippen molar-refractivity contribution >= 4 is 22.8 Å². The molecule has 3 heterocycles. The Bertz CT molecular complexity index is 1110. The minimum Gasteiger partial charge on any atom is -0.364 e. The summed E-state index contributed by atoms with van der Waals surface area (Å²) >= 11 is 0. The maximum atomic E-state index is 12.6. The average molecular weight is 408 g/mol. The van der Waals surface area contributed by atoms with Crippen LogP contribution in [-0.4, -0.2) is 56.1 Å². The third kappa shape index (κ3) is 3.68. The number of aryl methyl sites for hydroxylation is 1. The second-order valence-corrected chi connectivity index (χ2v) is 7.99. The first-order valence-electron chi connectivity index (χ1n) is 10.2. The van der Waals surface area contributed by atoms with Gasteiger partial charge in [0.2, 0.25) is 5.91 Å². The van der Waals surface area contributed by atoms with Gasteiger partial charge in [-0.1, -0.05) is 12.1 Å². The van der Waals surface area contributed by atoms with Crippen molar-refractivity contribution in [1.29, 1.82) is 0 Å². The zero-order chi connectivity index (χ0) is 20.7. The lowest BCUT2D eigenvalue weighted by molar-refractivity contribution is -0.137. The summed E-state index contributed by atoms with van der Waals surface area (Å²) in [5.74, 6) is 0.485. The molecule has 0 atom stereocenters. The maximum Gasteiger partial charge on any atom is 0.272 e. The summed E-state index contributed by atoms with van der Waals surface area (Å²) in [5, 5.41) is 10.1. The molecule has 1 aliphatic carbocycles. The molecule has 9 nitrogen and oxygen atoms in total. The number of aromatic amines is 2. The van der Waals surface area contributed by atoms with Gasteiger partial charge in [-0.15, -0.1) is 0 Å². The van der Waals surface area contributed by atoms with E-state index in [-0.39, 0.29) is 25.0 Å². The van der Waals surface area contributed by atoms with Crippen LogP contribution in [0.25, 0.3) is 11.0 Å². The molecule has 0 bridgehead atoms. The van der Waals surface area contributed by atoms with Gasteiger partial charge in [0.05, 0.1) is 23.3 Å². The Morgan fingerprint density at radius 2 is 2.20 bits per heavy atom. The van der Waals surface area contributed by atoms with Crippen molar-refractivity contribution in [3.05, 3.63) is 46.5 Å². The summed E-state index contributed by atoms with van der Waals surface area (Å²) in [6.07, 6.45) is 2.68. The quantitative estimate of drug-likeness (QED) is 0.573. The van der Waals surface area contributed by atoms with Gasteiger partial charge >= 0.3 is 0 Å². The zero-order valence-electron chi connectivity index (χ0n) is 16.8. The third-order valence-corrected chi connectivity index (χ3v) is 5.64. The second kappa shape index (κ2) is 7.56. The fraction of sp³-hybridized carbons (Fsp3) is 0.429. The van der Waals surface area contributed by atoms with Gasteiger partial charge < -0.3 is 19.9 Å². The fourth-order valence-electron chi connectivity index (χ4n) is 3.82. The van der Waals surface area contributed by atoms with Crippen molar-refractivity contribution in [2.45, 2.75) is 45.4 Å². The number of ether oxygens (including phenoxy) is 1. The number of imidazole rings is 1. The van der Waals surface area contributed by atoms with Gasteiger partial charge in [0.25, 0.3) is 5.91 Å². The molecule has 0 radical (unpaired) electrons. The van der Waals surface area contributed by atoms with E-state index in [1.807, 2.05) is 25.1 Å². The highest BCUT2D eigenvalue weighted by Gasteiger charge is 2.30. The van der Waals surface area contributed by atoms with Crippen LogP contribution in [0.3, 0.4) is 0 Å². The van der Waals surface area contributed by atoms with E-state index in [4.69, 9.17) is 4.74 Å². The van der Waals surface area contributed by atoms with Crippen LogP contribution in [0.4, 0.5) is 0 Å². The number of amides is 2. The van der Waals surface area contributed by atoms with Crippen LogP contribution in [-0.2, 0) is 29.1 Å². The minimum atomic E-state index is -0.126. The molecule has 1 aromatic carbocycles. The largest absolute Gasteiger partial charge is 0.364 e. The van der Waals surface area contributed by atoms with Crippen molar-refractivity contribution in [3.63, 3.8) is 0 Å². The van der Waals surface area contributed by atoms with Crippen LogP contribution in [0.2, 0.25) is 0 Å². The van der Waals surface area contributed by atoms with Crippen LogP contribution in [0.5, 0.6) is 0 Å². The molecule has 5 rings (SSSR count). The molecule has 156 valence electrons. The second-order valence-electron chi connectivity index (χ2n) is 7.99. The lowest BCUT2D eigenvalue weighted by Crippen LogP contribution is -2.38. The number of hydrogen-bond donors (Lipinski definition) is 3. The Kier molecular flexibility index (Phi) is 4.74. The standard InChI is InChI=1S/C21H24N6O3/c1-12-3-2-4-15-19(12)24-17(23-15)10-30-11-18(28)27-8-7-14-16(9-27)25-26-20(14)21(29)22-13-5-6-13/h2-4,13H,5-11H2,1H3,(H,22,29)(H,23,24)(H,25,26).